The average Bonchev–Trinajstić information content (AvgIpc) is 2.42. The van der Waals surface area contributed by atoms with E-state index >= 15 is 0 Å². The lowest BCUT2D eigenvalue weighted by atomic mass is 10.1. The zero-order valence-electron chi connectivity index (χ0n) is 11.6. The van der Waals surface area contributed by atoms with E-state index in [4.69, 9.17) is 4.74 Å². The molecule has 0 spiro atoms. The molecule has 0 amide bonds. The molecular formula is C16H14F2O3. The summed E-state index contributed by atoms with van der Waals surface area (Å²) in [6.45, 7) is 0.724. The third-order valence-electron chi connectivity index (χ3n) is 2.86. The van der Waals surface area contributed by atoms with Crippen LogP contribution in [0.1, 0.15) is 21.5 Å². The molecular weight excluding hydrogens is 278 g/mol. The summed E-state index contributed by atoms with van der Waals surface area (Å²) in [6, 6.07) is 11.1. The van der Waals surface area contributed by atoms with Gasteiger partial charge in [0, 0.05) is 0 Å². The lowest BCUT2D eigenvalue weighted by molar-refractivity contribution is -0.0503. The molecule has 110 valence electrons. The molecule has 21 heavy (non-hydrogen) atoms. The van der Waals surface area contributed by atoms with Crippen LogP contribution >= 0.6 is 0 Å². The van der Waals surface area contributed by atoms with Gasteiger partial charge in [-0.05, 0) is 37.6 Å². The maximum atomic E-state index is 12.3. The normalized spacial score (nSPS) is 10.5. The second-order valence-corrected chi connectivity index (χ2v) is 4.53. The van der Waals surface area contributed by atoms with Gasteiger partial charge in [0.2, 0.25) is 0 Å². The van der Waals surface area contributed by atoms with Gasteiger partial charge in [0.15, 0.2) is 0 Å². The van der Waals surface area contributed by atoms with E-state index < -0.39 is 12.6 Å². The summed E-state index contributed by atoms with van der Waals surface area (Å²) >= 11 is 0. The minimum Gasteiger partial charge on any atom is -0.434 e. The summed E-state index contributed by atoms with van der Waals surface area (Å²) in [5.74, 6) is -0.557. The van der Waals surface area contributed by atoms with Crippen molar-refractivity contribution >= 4 is 5.97 Å². The van der Waals surface area contributed by atoms with Gasteiger partial charge in [0.05, 0.1) is 0 Å². The van der Waals surface area contributed by atoms with Crippen molar-refractivity contribution in [2.24, 2.45) is 0 Å². The maximum absolute atomic E-state index is 12.3. The van der Waals surface area contributed by atoms with Gasteiger partial charge in [-0.3, -0.25) is 0 Å². The number of benzene rings is 2. The van der Waals surface area contributed by atoms with E-state index in [0.29, 0.717) is 5.75 Å². The summed E-state index contributed by atoms with van der Waals surface area (Å²) in [4.78, 5) is 12.1. The second-order valence-electron chi connectivity index (χ2n) is 4.53. The maximum Gasteiger partial charge on any atom is 0.387 e. The Balaban J connectivity index is 2.24. The van der Waals surface area contributed by atoms with Crippen LogP contribution < -0.4 is 9.47 Å². The molecule has 0 aromatic heterocycles. The first kappa shape index (κ1) is 15.0. The van der Waals surface area contributed by atoms with Gasteiger partial charge in [-0.1, -0.05) is 29.8 Å². The summed E-state index contributed by atoms with van der Waals surface area (Å²) < 4.78 is 34.2. The molecule has 0 bridgehead atoms. The Morgan fingerprint density at radius 2 is 1.76 bits per heavy atom. The van der Waals surface area contributed by atoms with Crippen molar-refractivity contribution in [1.82, 2.24) is 0 Å². The molecule has 5 heteroatoms. The van der Waals surface area contributed by atoms with E-state index in [1.165, 1.54) is 18.2 Å². The van der Waals surface area contributed by atoms with Crippen molar-refractivity contribution in [3.8, 4) is 11.5 Å². The summed E-state index contributed by atoms with van der Waals surface area (Å²) in [6.07, 6.45) is 0. The third kappa shape index (κ3) is 3.78. The number of ether oxygens (including phenoxy) is 2. The molecule has 0 saturated carbocycles. The zero-order chi connectivity index (χ0) is 15.4. The van der Waals surface area contributed by atoms with Gasteiger partial charge < -0.3 is 9.47 Å². The number of alkyl halides is 2. The highest BCUT2D eigenvalue weighted by atomic mass is 19.3. The van der Waals surface area contributed by atoms with Crippen LogP contribution in [0.2, 0.25) is 0 Å². The van der Waals surface area contributed by atoms with Crippen molar-refractivity contribution in [3.05, 3.63) is 59.2 Å². The van der Waals surface area contributed by atoms with Crippen molar-refractivity contribution in [3.63, 3.8) is 0 Å². The fourth-order valence-electron chi connectivity index (χ4n) is 1.90. The number of carbonyl (C=O) groups is 1. The predicted molar refractivity (Wildman–Crippen MR) is 73.9 cm³/mol. The average molecular weight is 292 g/mol. The SMILES string of the molecule is Cc1ccc(OC(=O)c2ccccc2OC(F)F)c(C)c1. The van der Waals surface area contributed by atoms with Gasteiger partial charge in [-0.25, -0.2) is 4.79 Å². The number of rotatable bonds is 4. The van der Waals surface area contributed by atoms with Gasteiger partial charge in [0.25, 0.3) is 0 Å². The second kappa shape index (κ2) is 6.35. The first-order chi connectivity index (χ1) is 9.97. The molecule has 0 heterocycles. The Labute approximate surface area is 121 Å². The van der Waals surface area contributed by atoms with Gasteiger partial charge >= 0.3 is 12.6 Å². The van der Waals surface area contributed by atoms with Gasteiger partial charge in [0.1, 0.15) is 17.1 Å². The number of hydrogen-bond acceptors (Lipinski definition) is 3. The third-order valence-corrected chi connectivity index (χ3v) is 2.86. The van der Waals surface area contributed by atoms with E-state index in [1.807, 2.05) is 13.0 Å². The van der Waals surface area contributed by atoms with Crippen LogP contribution in [0, 0.1) is 13.8 Å². The fraction of sp³-hybridized carbons (Fsp3) is 0.188. The van der Waals surface area contributed by atoms with Gasteiger partial charge in [-0.2, -0.15) is 8.78 Å². The van der Waals surface area contributed by atoms with Crippen LogP contribution in [0.5, 0.6) is 11.5 Å². The molecule has 2 rings (SSSR count). The number of carbonyl (C=O) groups excluding carboxylic acids is 1. The standard InChI is InChI=1S/C16H14F2O3/c1-10-7-8-13(11(2)9-10)20-15(19)12-5-3-4-6-14(12)21-16(17)18/h3-9,16H,1-2H3. The fourth-order valence-corrected chi connectivity index (χ4v) is 1.90. The molecule has 0 aliphatic rings. The smallest absolute Gasteiger partial charge is 0.387 e. The minimum absolute atomic E-state index is 0.0437. The minimum atomic E-state index is -3.00. The van der Waals surface area contributed by atoms with Crippen molar-refractivity contribution in [1.29, 1.82) is 0 Å². The highest BCUT2D eigenvalue weighted by Gasteiger charge is 2.17. The van der Waals surface area contributed by atoms with Crippen molar-refractivity contribution in [2.45, 2.75) is 20.5 Å². The first-order valence-electron chi connectivity index (χ1n) is 6.30. The highest BCUT2D eigenvalue weighted by molar-refractivity contribution is 5.94. The molecule has 3 nitrogen and oxygen atoms in total. The lowest BCUT2D eigenvalue weighted by Gasteiger charge is -2.11. The largest absolute Gasteiger partial charge is 0.434 e. The monoisotopic (exact) mass is 292 g/mol. The van der Waals surface area contributed by atoms with Crippen LogP contribution in [0.3, 0.4) is 0 Å². The molecule has 0 aliphatic heterocycles. The van der Waals surface area contributed by atoms with Crippen LogP contribution in [-0.4, -0.2) is 12.6 Å². The van der Waals surface area contributed by atoms with E-state index in [1.54, 1.807) is 25.1 Å². The molecule has 0 atom stereocenters. The Bertz CT molecular complexity index is 654. The molecule has 0 unspecified atom stereocenters. The molecule has 2 aromatic rings. The number of hydrogen-bond donors (Lipinski definition) is 0. The Morgan fingerprint density at radius 1 is 1.05 bits per heavy atom. The summed E-state index contributed by atoms with van der Waals surface area (Å²) in [5.41, 5.74) is 1.78. The van der Waals surface area contributed by atoms with Crippen molar-refractivity contribution in [2.75, 3.05) is 0 Å². The molecule has 0 N–H and O–H groups in total. The zero-order valence-corrected chi connectivity index (χ0v) is 11.6. The first-order valence-corrected chi connectivity index (χ1v) is 6.30. The predicted octanol–water partition coefficient (Wildman–Crippen LogP) is 4.12. The number of para-hydroxylation sites is 1. The summed E-state index contributed by atoms with van der Waals surface area (Å²) in [5, 5.41) is 0. The van der Waals surface area contributed by atoms with Crippen LogP contribution in [-0.2, 0) is 0 Å². The number of halogens is 2. The topological polar surface area (TPSA) is 35.5 Å². The Hall–Kier alpha value is -2.43. The summed E-state index contributed by atoms with van der Waals surface area (Å²) in [7, 11) is 0. The van der Waals surface area contributed by atoms with Gasteiger partial charge in [-0.15, -0.1) is 0 Å². The van der Waals surface area contributed by atoms with E-state index in [2.05, 4.69) is 4.74 Å². The molecule has 2 aromatic carbocycles. The van der Waals surface area contributed by atoms with E-state index in [0.717, 1.165) is 11.1 Å². The molecule has 0 fully saturated rings. The molecule has 0 radical (unpaired) electrons. The molecule has 0 saturated heterocycles. The highest BCUT2D eigenvalue weighted by Crippen LogP contribution is 2.24. The Morgan fingerprint density at radius 3 is 2.43 bits per heavy atom. The lowest BCUT2D eigenvalue weighted by Crippen LogP contribution is -2.13. The number of esters is 1. The molecule has 0 aliphatic carbocycles. The number of aryl methyl sites for hydroxylation is 2. The van der Waals surface area contributed by atoms with Crippen LogP contribution in [0.25, 0.3) is 0 Å². The van der Waals surface area contributed by atoms with E-state index in [-0.39, 0.29) is 11.3 Å². The van der Waals surface area contributed by atoms with Crippen molar-refractivity contribution < 1.29 is 23.0 Å². The van der Waals surface area contributed by atoms with Crippen LogP contribution in [0.15, 0.2) is 42.5 Å². The van der Waals surface area contributed by atoms with E-state index in [9.17, 15) is 13.6 Å². The van der Waals surface area contributed by atoms with Crippen LogP contribution in [0.4, 0.5) is 8.78 Å². The Kier molecular flexibility index (Phi) is 4.52. The quantitative estimate of drug-likeness (QED) is 0.628.